The minimum Gasteiger partial charge on any atom is -0.386 e. The highest BCUT2D eigenvalue weighted by Gasteiger charge is 2.12. The van der Waals surface area contributed by atoms with Crippen molar-refractivity contribution < 1.29 is 0 Å². The highest BCUT2D eigenvalue weighted by molar-refractivity contribution is 5.81. The van der Waals surface area contributed by atoms with Crippen LogP contribution in [0.1, 0.15) is 11.1 Å². The topological polar surface area (TPSA) is 73.9 Å². The van der Waals surface area contributed by atoms with E-state index < -0.39 is 0 Å². The van der Waals surface area contributed by atoms with Crippen LogP contribution in [0.25, 0.3) is 0 Å². The highest BCUT2D eigenvalue weighted by atomic mass is 14.9. The number of amidine groups is 1. The van der Waals surface area contributed by atoms with Gasteiger partial charge in [0.05, 0.1) is 6.54 Å². The molecule has 0 aliphatic carbocycles. The number of hydrogen-bond donors (Lipinski definition) is 4. The van der Waals surface area contributed by atoms with Gasteiger partial charge in [-0.05, 0) is 17.2 Å². The predicted molar refractivity (Wildman–Crippen MR) is 57.4 cm³/mol. The first-order chi connectivity index (χ1) is 6.77. The summed E-state index contributed by atoms with van der Waals surface area (Å²) in [7, 11) is 0. The van der Waals surface area contributed by atoms with E-state index in [0.717, 1.165) is 18.8 Å². The average molecular weight is 190 g/mol. The number of rotatable bonds is 3. The van der Waals surface area contributed by atoms with Crippen LogP contribution in [0.4, 0.5) is 5.69 Å². The summed E-state index contributed by atoms with van der Waals surface area (Å²) in [6.45, 7) is 2.25. The monoisotopic (exact) mass is 190 g/mol. The van der Waals surface area contributed by atoms with Crippen molar-refractivity contribution in [2.45, 2.75) is 13.1 Å². The number of nitrogens with one attached hydrogen (secondary N) is 3. The second kappa shape index (κ2) is 3.67. The van der Waals surface area contributed by atoms with Gasteiger partial charge >= 0.3 is 0 Å². The van der Waals surface area contributed by atoms with Crippen molar-refractivity contribution in [3.8, 4) is 0 Å². The number of hydrogen-bond acceptors (Lipinski definition) is 3. The fourth-order valence-corrected chi connectivity index (χ4v) is 1.69. The molecule has 0 saturated carbocycles. The fraction of sp³-hybridized carbons (Fsp3) is 0.300. The summed E-state index contributed by atoms with van der Waals surface area (Å²) in [6, 6.07) is 6.16. The van der Waals surface area contributed by atoms with E-state index in [2.05, 4.69) is 16.7 Å². The first-order valence-corrected chi connectivity index (χ1v) is 4.65. The zero-order valence-electron chi connectivity index (χ0n) is 7.93. The van der Waals surface area contributed by atoms with Gasteiger partial charge in [0.2, 0.25) is 0 Å². The minimum atomic E-state index is 0.161. The van der Waals surface area contributed by atoms with E-state index in [9.17, 15) is 0 Å². The van der Waals surface area contributed by atoms with Crippen LogP contribution in [-0.4, -0.2) is 12.4 Å². The Balaban J connectivity index is 2.17. The number of nitrogens with two attached hydrogens (primary N) is 1. The maximum Gasteiger partial charge on any atom is 0.110 e. The highest BCUT2D eigenvalue weighted by Crippen LogP contribution is 2.23. The van der Waals surface area contributed by atoms with Crippen molar-refractivity contribution in [3.63, 3.8) is 0 Å². The first-order valence-electron chi connectivity index (χ1n) is 4.65. The Kier molecular flexibility index (Phi) is 2.37. The van der Waals surface area contributed by atoms with Gasteiger partial charge in [0, 0.05) is 18.8 Å². The normalized spacial score (nSPS) is 13.7. The molecule has 0 saturated heterocycles. The molecule has 0 fully saturated rings. The summed E-state index contributed by atoms with van der Waals surface area (Å²) >= 11 is 0. The molecule has 0 bridgehead atoms. The predicted octanol–water partition coefficient (Wildman–Crippen LogP) is 0.638. The van der Waals surface area contributed by atoms with Crippen LogP contribution in [0, 0.1) is 5.41 Å². The van der Waals surface area contributed by atoms with Gasteiger partial charge in [0.25, 0.3) is 0 Å². The molecule has 1 aromatic carbocycles. The molecule has 0 spiro atoms. The molecule has 1 aliphatic rings. The van der Waals surface area contributed by atoms with E-state index in [0.29, 0.717) is 6.54 Å². The van der Waals surface area contributed by atoms with Gasteiger partial charge in [0.15, 0.2) is 0 Å². The largest absolute Gasteiger partial charge is 0.386 e. The molecule has 0 unspecified atom stereocenters. The maximum absolute atomic E-state index is 7.14. The first kappa shape index (κ1) is 9.02. The Hall–Kier alpha value is -1.55. The lowest BCUT2D eigenvalue weighted by Gasteiger charge is -2.09. The Labute approximate surface area is 83.0 Å². The molecule has 1 aromatic rings. The SMILES string of the molecule is N=C(N)CNc1cccc2c1CNC2. The van der Waals surface area contributed by atoms with Crippen LogP contribution in [0.3, 0.4) is 0 Å². The van der Waals surface area contributed by atoms with Crippen molar-refractivity contribution >= 4 is 11.5 Å². The van der Waals surface area contributed by atoms with Crippen molar-refractivity contribution in [2.75, 3.05) is 11.9 Å². The van der Waals surface area contributed by atoms with Gasteiger partial charge in [-0.2, -0.15) is 0 Å². The Morgan fingerprint density at radius 1 is 1.50 bits per heavy atom. The molecule has 1 heterocycles. The maximum atomic E-state index is 7.14. The third-order valence-electron chi connectivity index (χ3n) is 2.36. The van der Waals surface area contributed by atoms with Crippen LogP contribution in [0.5, 0.6) is 0 Å². The summed E-state index contributed by atoms with van der Waals surface area (Å²) in [5.74, 6) is 0.161. The second-order valence-electron chi connectivity index (χ2n) is 3.43. The standard InChI is InChI=1S/C10H14N4/c11-10(12)6-14-9-3-1-2-7-4-13-5-8(7)9/h1-3,13-14H,4-6H2,(H3,11,12). The number of anilines is 1. The molecule has 2 rings (SSSR count). The minimum absolute atomic E-state index is 0.161. The third-order valence-corrected chi connectivity index (χ3v) is 2.36. The molecule has 0 amide bonds. The molecular weight excluding hydrogens is 176 g/mol. The third kappa shape index (κ3) is 1.70. The number of fused-ring (bicyclic) bond motifs is 1. The second-order valence-corrected chi connectivity index (χ2v) is 3.43. The Morgan fingerprint density at radius 3 is 3.14 bits per heavy atom. The lowest BCUT2D eigenvalue weighted by molar-refractivity contribution is 0.765. The average Bonchev–Trinajstić information content (AvgIpc) is 2.62. The van der Waals surface area contributed by atoms with Gasteiger partial charge in [-0.25, -0.2) is 0 Å². The quantitative estimate of drug-likeness (QED) is 0.417. The molecule has 0 radical (unpaired) electrons. The molecular formula is C10H14N4. The van der Waals surface area contributed by atoms with Crippen LogP contribution >= 0.6 is 0 Å². The van der Waals surface area contributed by atoms with Crippen molar-refractivity contribution in [2.24, 2.45) is 5.73 Å². The zero-order chi connectivity index (χ0) is 9.97. The molecule has 4 heteroatoms. The fourth-order valence-electron chi connectivity index (χ4n) is 1.69. The van der Waals surface area contributed by atoms with Crippen molar-refractivity contribution in [3.05, 3.63) is 29.3 Å². The van der Waals surface area contributed by atoms with Gasteiger partial charge < -0.3 is 16.4 Å². The summed E-state index contributed by atoms with van der Waals surface area (Å²) in [6.07, 6.45) is 0. The van der Waals surface area contributed by atoms with Gasteiger partial charge in [-0.15, -0.1) is 0 Å². The van der Waals surface area contributed by atoms with Crippen LogP contribution < -0.4 is 16.4 Å². The Bertz CT molecular complexity index is 359. The Morgan fingerprint density at radius 2 is 2.36 bits per heavy atom. The molecule has 0 atom stereocenters. The van der Waals surface area contributed by atoms with Gasteiger partial charge in [0.1, 0.15) is 5.84 Å². The molecule has 1 aliphatic heterocycles. The lowest BCUT2D eigenvalue weighted by Crippen LogP contribution is -2.21. The smallest absolute Gasteiger partial charge is 0.110 e. The molecule has 14 heavy (non-hydrogen) atoms. The van der Waals surface area contributed by atoms with E-state index in [1.54, 1.807) is 0 Å². The summed E-state index contributed by atoms with van der Waals surface area (Å²) in [5.41, 5.74) is 9.01. The summed E-state index contributed by atoms with van der Waals surface area (Å²) < 4.78 is 0. The van der Waals surface area contributed by atoms with Crippen LogP contribution in [0.15, 0.2) is 18.2 Å². The molecule has 74 valence electrons. The van der Waals surface area contributed by atoms with E-state index in [4.69, 9.17) is 11.1 Å². The van der Waals surface area contributed by atoms with Crippen LogP contribution in [-0.2, 0) is 13.1 Å². The summed E-state index contributed by atoms with van der Waals surface area (Å²) in [5, 5.41) is 13.6. The van der Waals surface area contributed by atoms with Gasteiger partial charge in [-0.1, -0.05) is 12.1 Å². The van der Waals surface area contributed by atoms with Gasteiger partial charge in [-0.3, -0.25) is 5.41 Å². The van der Waals surface area contributed by atoms with E-state index in [-0.39, 0.29) is 5.84 Å². The van der Waals surface area contributed by atoms with Crippen molar-refractivity contribution in [1.82, 2.24) is 5.32 Å². The van der Waals surface area contributed by atoms with Crippen LogP contribution in [0.2, 0.25) is 0 Å². The summed E-state index contributed by atoms with van der Waals surface area (Å²) in [4.78, 5) is 0. The zero-order valence-corrected chi connectivity index (χ0v) is 7.93. The molecule has 4 nitrogen and oxygen atoms in total. The van der Waals surface area contributed by atoms with E-state index in [1.807, 2.05) is 12.1 Å². The molecule has 5 N–H and O–H groups in total. The molecule has 0 aromatic heterocycles. The van der Waals surface area contributed by atoms with E-state index in [1.165, 1.54) is 11.1 Å². The van der Waals surface area contributed by atoms with E-state index >= 15 is 0 Å². The number of benzene rings is 1. The van der Waals surface area contributed by atoms with Crippen molar-refractivity contribution in [1.29, 1.82) is 5.41 Å². The lowest BCUT2D eigenvalue weighted by atomic mass is 10.1.